The van der Waals surface area contributed by atoms with Crippen molar-refractivity contribution in [1.82, 2.24) is 0 Å². The number of hydrogen-bond acceptors (Lipinski definition) is 0. The Balaban J connectivity index is 1.08. The van der Waals surface area contributed by atoms with Crippen molar-refractivity contribution in [2.45, 2.75) is 25.2 Å². The molecule has 1 unspecified atom stereocenters. The number of fused-ring (bicyclic) bond motifs is 4. The predicted molar refractivity (Wildman–Crippen MR) is 324 cm³/mol. The van der Waals surface area contributed by atoms with E-state index in [1.165, 1.54) is 137 Å². The summed E-state index contributed by atoms with van der Waals surface area (Å²) in [5.41, 5.74) is 21.4. The minimum atomic E-state index is 0.0989. The van der Waals surface area contributed by atoms with Crippen LogP contribution in [0.3, 0.4) is 0 Å². The Kier molecular flexibility index (Phi) is 11.6. The molecule has 0 heterocycles. The second-order valence-electron chi connectivity index (χ2n) is 20.4. The highest BCUT2D eigenvalue weighted by molar-refractivity contribution is 6.11. The second-order valence-corrected chi connectivity index (χ2v) is 20.4. The monoisotopic (exact) mass is 966 g/mol. The van der Waals surface area contributed by atoms with E-state index < -0.39 is 0 Å². The molecule has 0 saturated heterocycles. The van der Waals surface area contributed by atoms with Crippen LogP contribution in [0.1, 0.15) is 30.7 Å². The summed E-state index contributed by atoms with van der Waals surface area (Å²) in [6.07, 6.45) is 13.1. The van der Waals surface area contributed by atoms with Crippen LogP contribution in [0.4, 0.5) is 0 Å². The molecule has 12 aromatic carbocycles. The lowest BCUT2D eigenvalue weighted by atomic mass is 9.79. The van der Waals surface area contributed by atoms with Crippen LogP contribution in [0.2, 0.25) is 0 Å². The van der Waals surface area contributed by atoms with E-state index in [9.17, 15) is 0 Å². The molecule has 0 amide bonds. The molecule has 0 aliphatic heterocycles. The molecular weight excluding hydrogens is 913 g/mol. The SMILES string of the molecule is C1=c2c(-c3ccccc3-c3ccccc3)c3ccccc3c(-c3ccccc3-c3ccccc3)c2=CC(c2ccc3c(-c4ccccc4-c4ccccc4)c4c(c(-c5ccccc5-c5ccccc5)c3c2)=CCCC=4)C1. The molecule has 2 aliphatic carbocycles. The molecule has 14 rings (SSSR count). The third kappa shape index (κ3) is 7.85. The molecule has 0 heteroatoms. The molecule has 2 aliphatic rings. The van der Waals surface area contributed by atoms with Crippen molar-refractivity contribution >= 4 is 45.8 Å². The number of rotatable bonds is 9. The summed E-state index contributed by atoms with van der Waals surface area (Å²) >= 11 is 0. The van der Waals surface area contributed by atoms with Gasteiger partial charge in [0.05, 0.1) is 0 Å². The fourth-order valence-electron chi connectivity index (χ4n) is 12.7. The van der Waals surface area contributed by atoms with Crippen molar-refractivity contribution in [2.75, 3.05) is 0 Å². The predicted octanol–water partition coefficient (Wildman–Crippen LogP) is 17.4. The molecule has 0 bridgehead atoms. The topological polar surface area (TPSA) is 0 Å². The molecule has 0 N–H and O–H groups in total. The van der Waals surface area contributed by atoms with Gasteiger partial charge in [-0.15, -0.1) is 0 Å². The van der Waals surface area contributed by atoms with Crippen molar-refractivity contribution in [3.05, 3.63) is 287 Å². The van der Waals surface area contributed by atoms with E-state index in [1.54, 1.807) is 0 Å². The molecule has 76 heavy (non-hydrogen) atoms. The minimum absolute atomic E-state index is 0.0989. The van der Waals surface area contributed by atoms with Crippen molar-refractivity contribution in [2.24, 2.45) is 0 Å². The molecule has 0 fully saturated rings. The number of hydrogen-bond donors (Lipinski definition) is 0. The highest BCUT2D eigenvalue weighted by Crippen LogP contribution is 2.43. The lowest BCUT2D eigenvalue weighted by Crippen LogP contribution is -2.33. The van der Waals surface area contributed by atoms with Gasteiger partial charge in [0.15, 0.2) is 0 Å². The van der Waals surface area contributed by atoms with Gasteiger partial charge in [-0.2, -0.15) is 0 Å². The third-order valence-corrected chi connectivity index (χ3v) is 16.1. The van der Waals surface area contributed by atoms with Gasteiger partial charge in [-0.25, -0.2) is 0 Å². The van der Waals surface area contributed by atoms with Gasteiger partial charge < -0.3 is 0 Å². The average Bonchev–Trinajstić information content (AvgIpc) is 3.54. The quantitative estimate of drug-likeness (QED) is 0.135. The molecule has 0 nitrogen and oxygen atoms in total. The molecule has 0 spiro atoms. The Bertz CT molecular complexity index is 4450. The van der Waals surface area contributed by atoms with Crippen molar-refractivity contribution in [1.29, 1.82) is 0 Å². The van der Waals surface area contributed by atoms with Crippen LogP contribution < -0.4 is 20.9 Å². The van der Waals surface area contributed by atoms with Crippen LogP contribution in [0.15, 0.2) is 261 Å². The van der Waals surface area contributed by atoms with E-state index >= 15 is 0 Å². The highest BCUT2D eigenvalue weighted by atomic mass is 14.3. The van der Waals surface area contributed by atoms with E-state index in [4.69, 9.17) is 0 Å². The zero-order valence-electron chi connectivity index (χ0n) is 42.3. The summed E-state index contributed by atoms with van der Waals surface area (Å²) in [5.74, 6) is 0.0989. The van der Waals surface area contributed by atoms with Gasteiger partial charge in [0.25, 0.3) is 0 Å². The van der Waals surface area contributed by atoms with E-state index in [0.717, 1.165) is 19.3 Å². The van der Waals surface area contributed by atoms with Gasteiger partial charge in [-0.05, 0) is 162 Å². The van der Waals surface area contributed by atoms with E-state index in [-0.39, 0.29) is 5.92 Å². The van der Waals surface area contributed by atoms with Gasteiger partial charge in [-0.1, -0.05) is 279 Å². The number of benzene rings is 12. The van der Waals surface area contributed by atoms with Crippen LogP contribution in [-0.4, -0.2) is 0 Å². The Hall–Kier alpha value is -9.36. The smallest absolute Gasteiger partial charge is 0.00624 e. The Labute approximate surface area is 444 Å². The van der Waals surface area contributed by atoms with Gasteiger partial charge in [0.2, 0.25) is 0 Å². The normalized spacial score (nSPS) is 13.7. The maximum atomic E-state index is 2.64. The van der Waals surface area contributed by atoms with Crippen LogP contribution in [0, 0.1) is 0 Å². The maximum absolute atomic E-state index is 2.64. The van der Waals surface area contributed by atoms with Crippen molar-refractivity contribution in [3.63, 3.8) is 0 Å². The second kappa shape index (κ2) is 19.5. The lowest BCUT2D eigenvalue weighted by Gasteiger charge is -2.24. The summed E-state index contributed by atoms with van der Waals surface area (Å²) in [6, 6.07) is 96.6. The average molecular weight is 967 g/mol. The summed E-state index contributed by atoms with van der Waals surface area (Å²) in [5, 5.41) is 10.3. The molecule has 0 aromatic heterocycles. The maximum Gasteiger partial charge on any atom is 0.00624 e. The fourth-order valence-corrected chi connectivity index (χ4v) is 12.7. The molecular formula is C76H54. The summed E-state index contributed by atoms with van der Waals surface area (Å²) < 4.78 is 0. The molecule has 358 valence electrons. The van der Waals surface area contributed by atoms with Crippen molar-refractivity contribution < 1.29 is 0 Å². The van der Waals surface area contributed by atoms with Gasteiger partial charge >= 0.3 is 0 Å². The first-order valence-corrected chi connectivity index (χ1v) is 26.9. The van der Waals surface area contributed by atoms with E-state index in [2.05, 4.69) is 285 Å². The Morgan fingerprint density at radius 2 is 0.539 bits per heavy atom. The lowest BCUT2D eigenvalue weighted by molar-refractivity contribution is 0.924. The van der Waals surface area contributed by atoms with Crippen molar-refractivity contribution in [3.8, 4) is 89.0 Å². The van der Waals surface area contributed by atoms with Crippen LogP contribution >= 0.6 is 0 Å². The zero-order valence-corrected chi connectivity index (χ0v) is 42.3. The third-order valence-electron chi connectivity index (χ3n) is 16.1. The summed E-state index contributed by atoms with van der Waals surface area (Å²) in [4.78, 5) is 0. The van der Waals surface area contributed by atoms with E-state index in [1.807, 2.05) is 0 Å². The Morgan fingerprint density at radius 1 is 0.237 bits per heavy atom. The highest BCUT2D eigenvalue weighted by Gasteiger charge is 2.25. The van der Waals surface area contributed by atoms with Gasteiger partial charge in [-0.3, -0.25) is 0 Å². The first-order chi connectivity index (χ1) is 37.8. The minimum Gasteiger partial charge on any atom is -0.0757 e. The molecule has 12 aromatic rings. The van der Waals surface area contributed by atoms with Gasteiger partial charge in [0.1, 0.15) is 0 Å². The van der Waals surface area contributed by atoms with E-state index in [0.29, 0.717) is 0 Å². The zero-order chi connectivity index (χ0) is 50.4. The van der Waals surface area contributed by atoms with Gasteiger partial charge in [0, 0.05) is 5.92 Å². The van der Waals surface area contributed by atoms with Crippen LogP contribution in [0.25, 0.3) is 135 Å². The first kappa shape index (κ1) is 45.3. The Morgan fingerprint density at radius 3 is 0.934 bits per heavy atom. The van der Waals surface area contributed by atoms with Crippen LogP contribution in [-0.2, 0) is 0 Å². The first-order valence-electron chi connectivity index (χ1n) is 26.9. The summed E-state index contributed by atoms with van der Waals surface area (Å²) in [7, 11) is 0. The van der Waals surface area contributed by atoms with Crippen LogP contribution in [0.5, 0.6) is 0 Å². The molecule has 1 atom stereocenters. The molecule has 0 saturated carbocycles. The standard InChI is InChI=1S/C76H54/c1-5-25-51(26-6-1)57-33-13-17-37-61(57)73-65-41-21-23-43-67(65)75(63-39-19-15-35-59(63)53-29-9-3-10-30-53)71-49-55(45-47-69(71)73)56-46-48-70-72(50-56)76(64-40-20-16-36-60(64)54-31-11-4-12-32-54)68-44-24-22-42-66(68)74(70)62-38-18-14-34-58(62)52-27-7-2-8-28-52/h1-21,23,25-44,46-50,55H,22,24,45H2. The fraction of sp³-hybridized carbons (Fsp3) is 0.0526. The summed E-state index contributed by atoms with van der Waals surface area (Å²) in [6.45, 7) is 0. The largest absolute Gasteiger partial charge is 0.0757 e. The molecule has 0 radical (unpaired) electrons.